The minimum atomic E-state index is -0.576. The van der Waals surface area contributed by atoms with Gasteiger partial charge >= 0.3 is 0 Å². The lowest BCUT2D eigenvalue weighted by Crippen LogP contribution is -2.39. The minimum absolute atomic E-state index is 0.0244. The highest BCUT2D eigenvalue weighted by molar-refractivity contribution is 7.80. The van der Waals surface area contributed by atoms with Crippen LogP contribution in [0, 0.1) is 0 Å². The lowest BCUT2D eigenvalue weighted by molar-refractivity contribution is -0.122. The van der Waals surface area contributed by atoms with E-state index in [0.717, 1.165) is 0 Å². The number of carbonyl (C=O) groups excluding carboxylic acids is 3. The van der Waals surface area contributed by atoms with Gasteiger partial charge in [-0.2, -0.15) is 0 Å². The second-order valence-electron chi connectivity index (χ2n) is 4.33. The second kappa shape index (κ2) is 6.06. The van der Waals surface area contributed by atoms with Crippen molar-refractivity contribution >= 4 is 52.0 Å². The molecule has 21 heavy (non-hydrogen) atoms. The first-order valence-corrected chi connectivity index (χ1v) is 6.72. The van der Waals surface area contributed by atoms with E-state index < -0.39 is 11.8 Å². The number of carbonyl (C=O) groups is 3. The van der Waals surface area contributed by atoms with Crippen LogP contribution in [-0.2, 0) is 14.4 Å². The third kappa shape index (κ3) is 3.47. The number of ketones is 1. The average molecular weight is 322 g/mol. The summed E-state index contributed by atoms with van der Waals surface area (Å²) in [6.45, 7) is 0. The molecule has 0 aromatic heterocycles. The van der Waals surface area contributed by atoms with E-state index in [1.54, 1.807) is 0 Å². The Hall–Kier alpha value is -2.19. The van der Waals surface area contributed by atoms with Crippen molar-refractivity contribution in [3.8, 4) is 0 Å². The van der Waals surface area contributed by atoms with E-state index in [1.807, 2.05) is 0 Å². The van der Waals surface area contributed by atoms with E-state index in [4.69, 9.17) is 24.4 Å². The molecule has 0 bridgehead atoms. The van der Waals surface area contributed by atoms with Gasteiger partial charge in [0.2, 0.25) is 0 Å². The molecule has 1 saturated heterocycles. The number of amides is 2. The predicted molar refractivity (Wildman–Crippen MR) is 82.6 cm³/mol. The van der Waals surface area contributed by atoms with E-state index in [2.05, 4.69) is 10.6 Å². The Morgan fingerprint density at radius 1 is 1.00 bits per heavy atom. The largest absolute Gasteiger partial charge is 0.511 e. The van der Waals surface area contributed by atoms with Crippen LogP contribution < -0.4 is 10.6 Å². The number of aliphatic hydroxyl groups is 1. The molecule has 0 spiro atoms. The molecule has 0 saturated carbocycles. The van der Waals surface area contributed by atoms with Gasteiger partial charge in [0.25, 0.3) is 11.8 Å². The van der Waals surface area contributed by atoms with E-state index in [-0.39, 0.29) is 45.5 Å². The molecule has 0 aromatic rings. The van der Waals surface area contributed by atoms with Crippen molar-refractivity contribution in [1.29, 1.82) is 0 Å². The molecule has 108 valence electrons. The van der Waals surface area contributed by atoms with Crippen molar-refractivity contribution in [3.05, 3.63) is 35.1 Å². The summed E-state index contributed by atoms with van der Waals surface area (Å²) in [6, 6.07) is 0. The molecule has 0 unspecified atom stereocenters. The van der Waals surface area contributed by atoms with E-state index in [0.29, 0.717) is 0 Å². The highest BCUT2D eigenvalue weighted by Crippen LogP contribution is 2.14. The molecule has 8 heteroatoms. The number of hydrogen-bond acceptors (Lipinski definition) is 6. The Morgan fingerprint density at radius 3 is 2.24 bits per heavy atom. The lowest BCUT2D eigenvalue weighted by atomic mass is 10.0. The Bertz CT molecular complexity index is 652. The fraction of sp³-hybridized carbons (Fsp3) is 0.154. The smallest absolute Gasteiger partial charge is 0.259 e. The van der Waals surface area contributed by atoms with Gasteiger partial charge in [-0.3, -0.25) is 14.4 Å². The van der Waals surface area contributed by atoms with Crippen LogP contribution in [0.5, 0.6) is 0 Å². The molecule has 2 amide bonds. The lowest BCUT2D eigenvalue weighted by Gasteiger charge is -2.15. The molecule has 0 aliphatic carbocycles. The first-order chi connectivity index (χ1) is 9.88. The maximum Gasteiger partial charge on any atom is 0.259 e. The third-order valence-corrected chi connectivity index (χ3v) is 3.27. The van der Waals surface area contributed by atoms with Crippen LogP contribution in [0.25, 0.3) is 0 Å². The maximum absolute atomic E-state index is 11.7. The van der Waals surface area contributed by atoms with E-state index >= 15 is 0 Å². The molecular formula is C13H10N2O4S2. The number of piperidine rings is 1. The van der Waals surface area contributed by atoms with Crippen molar-refractivity contribution in [2.75, 3.05) is 0 Å². The topological polar surface area (TPSA) is 95.5 Å². The number of allylic oxidation sites excluding steroid dienone is 2. The van der Waals surface area contributed by atoms with Gasteiger partial charge in [0.1, 0.15) is 5.76 Å². The monoisotopic (exact) mass is 322 g/mol. The Kier molecular flexibility index (Phi) is 4.39. The number of thiocarbonyl (C=S) groups is 2. The van der Waals surface area contributed by atoms with Crippen LogP contribution in [0.15, 0.2) is 35.1 Å². The van der Waals surface area contributed by atoms with Crippen LogP contribution in [-0.4, -0.2) is 32.7 Å². The predicted octanol–water partition coefficient (Wildman–Crippen LogP) is 0.545. The van der Waals surface area contributed by atoms with Crippen molar-refractivity contribution in [3.63, 3.8) is 0 Å². The fourth-order valence-electron chi connectivity index (χ4n) is 1.80. The standard InChI is InChI=1S/C13H10N2O4S2/c16-8-4-10(20)14-12(18)6(8)2-1-3-7-9(17)5-11(21)15-13(7)19/h1-3,16H,4-5H2,(H,14,18,20)(H,15,19,21)/b2-1+,7-3+. The van der Waals surface area contributed by atoms with E-state index in [1.165, 1.54) is 18.2 Å². The zero-order valence-corrected chi connectivity index (χ0v) is 12.3. The summed E-state index contributed by atoms with van der Waals surface area (Å²) in [4.78, 5) is 35.3. The summed E-state index contributed by atoms with van der Waals surface area (Å²) < 4.78 is 0. The van der Waals surface area contributed by atoms with Gasteiger partial charge in [0, 0.05) is 0 Å². The van der Waals surface area contributed by atoms with Gasteiger partial charge in [-0.1, -0.05) is 30.5 Å². The van der Waals surface area contributed by atoms with E-state index in [9.17, 15) is 19.5 Å². The fourth-order valence-corrected chi connectivity index (χ4v) is 2.26. The van der Waals surface area contributed by atoms with Gasteiger partial charge in [0.15, 0.2) is 5.78 Å². The molecule has 0 atom stereocenters. The Balaban J connectivity index is 2.20. The van der Waals surface area contributed by atoms with Crippen molar-refractivity contribution in [2.45, 2.75) is 12.8 Å². The van der Waals surface area contributed by atoms with Crippen LogP contribution >= 0.6 is 24.4 Å². The normalized spacial score (nSPS) is 22.1. The number of hydrogen-bond donors (Lipinski definition) is 3. The van der Waals surface area contributed by atoms with Crippen LogP contribution in [0.2, 0.25) is 0 Å². The Labute approximate surface area is 130 Å². The molecule has 2 heterocycles. The van der Waals surface area contributed by atoms with Gasteiger partial charge in [-0.15, -0.1) is 0 Å². The summed E-state index contributed by atoms with van der Waals surface area (Å²) >= 11 is 9.56. The summed E-state index contributed by atoms with van der Waals surface area (Å²) in [5.74, 6) is -1.65. The Morgan fingerprint density at radius 2 is 1.62 bits per heavy atom. The summed E-state index contributed by atoms with van der Waals surface area (Å²) in [5, 5.41) is 14.5. The quantitative estimate of drug-likeness (QED) is 0.390. The van der Waals surface area contributed by atoms with Crippen LogP contribution in [0.4, 0.5) is 0 Å². The van der Waals surface area contributed by atoms with Crippen LogP contribution in [0.1, 0.15) is 12.8 Å². The summed E-state index contributed by atoms with van der Waals surface area (Å²) in [5.41, 5.74) is -0.00804. The zero-order valence-electron chi connectivity index (χ0n) is 10.6. The molecule has 2 aliphatic heterocycles. The minimum Gasteiger partial charge on any atom is -0.511 e. The average Bonchev–Trinajstić information content (AvgIpc) is 2.34. The number of Topliss-reactive ketones (excluding diaryl/α,β-unsaturated/α-hetero) is 1. The molecule has 6 nitrogen and oxygen atoms in total. The first-order valence-electron chi connectivity index (χ1n) is 5.90. The zero-order chi connectivity index (χ0) is 15.6. The highest BCUT2D eigenvalue weighted by atomic mass is 32.1. The number of nitrogens with one attached hydrogen (secondary N) is 2. The molecule has 0 radical (unpaired) electrons. The third-order valence-electron chi connectivity index (χ3n) is 2.78. The SMILES string of the molecule is O=C1NC(=S)CC(O)=C1/C=C/C=C1\C(=O)CC(=S)NC1=O. The molecule has 2 aliphatic rings. The van der Waals surface area contributed by atoms with Crippen molar-refractivity contribution < 1.29 is 19.5 Å². The molecular weight excluding hydrogens is 312 g/mol. The van der Waals surface area contributed by atoms with Gasteiger partial charge in [-0.05, 0) is 12.2 Å². The van der Waals surface area contributed by atoms with Crippen molar-refractivity contribution in [1.82, 2.24) is 10.6 Å². The van der Waals surface area contributed by atoms with Crippen LogP contribution in [0.3, 0.4) is 0 Å². The van der Waals surface area contributed by atoms with Gasteiger partial charge in [-0.25, -0.2) is 0 Å². The number of aliphatic hydroxyl groups excluding tert-OH is 1. The molecule has 3 N–H and O–H groups in total. The second-order valence-corrected chi connectivity index (χ2v) is 5.32. The number of rotatable bonds is 2. The summed E-state index contributed by atoms with van der Waals surface area (Å²) in [6.07, 6.45) is 3.99. The molecule has 1 fully saturated rings. The van der Waals surface area contributed by atoms with Gasteiger partial charge in [0.05, 0.1) is 34.0 Å². The first kappa shape index (κ1) is 15.2. The maximum atomic E-state index is 11.7. The van der Waals surface area contributed by atoms with Gasteiger partial charge < -0.3 is 15.7 Å². The summed E-state index contributed by atoms with van der Waals surface area (Å²) in [7, 11) is 0. The van der Waals surface area contributed by atoms with Crippen molar-refractivity contribution in [2.24, 2.45) is 0 Å². The molecule has 0 aromatic carbocycles. The highest BCUT2D eigenvalue weighted by Gasteiger charge is 2.25. The molecule has 2 rings (SSSR count).